The van der Waals surface area contributed by atoms with Gasteiger partial charge in [0.1, 0.15) is 17.1 Å². The standard InChI is InChI=1S/C16H16ClF3N4O2/c1-7-11(17)12-13(22-7)14(9(4-21)15(23-12)16(18,19)20)24-3-2-8(6-25)10(26)5-24/h8,10,22,25-26H,2-3,5-6H2,1H3/t8-,10-/m0/s1. The SMILES string of the molecule is Cc1[nH]c2c(N3CC[C@@H](CO)[C@@H](O)C3)c(C#N)c(C(F)(F)F)nc2c1Cl. The molecule has 0 spiro atoms. The number of β-amino-alcohol motifs (C(OH)–C–C–N with tert-alkyl or cyclic N) is 1. The van der Waals surface area contributed by atoms with E-state index in [1.54, 1.807) is 13.0 Å². The van der Waals surface area contributed by atoms with Gasteiger partial charge in [0.05, 0.1) is 22.3 Å². The van der Waals surface area contributed by atoms with Crippen molar-refractivity contribution in [1.29, 1.82) is 5.26 Å². The summed E-state index contributed by atoms with van der Waals surface area (Å²) < 4.78 is 40.4. The van der Waals surface area contributed by atoms with Crippen LogP contribution in [0.5, 0.6) is 0 Å². The minimum absolute atomic E-state index is 0.00793. The Balaban J connectivity index is 2.26. The third-order valence-corrected chi connectivity index (χ3v) is 5.14. The van der Waals surface area contributed by atoms with E-state index in [1.807, 2.05) is 0 Å². The molecule has 6 nitrogen and oxygen atoms in total. The van der Waals surface area contributed by atoms with Gasteiger partial charge in [0.15, 0.2) is 5.69 Å². The number of halogens is 4. The number of aryl methyl sites for hydroxylation is 1. The lowest BCUT2D eigenvalue weighted by molar-refractivity contribution is -0.141. The molecule has 1 fully saturated rings. The molecule has 140 valence electrons. The first-order valence-corrected chi connectivity index (χ1v) is 8.29. The molecule has 0 saturated carbocycles. The minimum atomic E-state index is -4.83. The van der Waals surface area contributed by atoms with E-state index in [2.05, 4.69) is 9.97 Å². The fourth-order valence-corrected chi connectivity index (χ4v) is 3.48. The summed E-state index contributed by atoms with van der Waals surface area (Å²) in [6, 6.07) is 1.61. The van der Waals surface area contributed by atoms with E-state index < -0.39 is 23.5 Å². The number of hydrogen-bond donors (Lipinski definition) is 3. The van der Waals surface area contributed by atoms with Gasteiger partial charge in [0.25, 0.3) is 0 Å². The van der Waals surface area contributed by atoms with Crippen LogP contribution in [0.3, 0.4) is 0 Å². The summed E-state index contributed by atoms with van der Waals surface area (Å²) >= 11 is 6.10. The largest absolute Gasteiger partial charge is 0.434 e. The molecule has 3 N–H and O–H groups in total. The maximum absolute atomic E-state index is 13.5. The fourth-order valence-electron chi connectivity index (χ4n) is 3.29. The van der Waals surface area contributed by atoms with Gasteiger partial charge in [-0.3, -0.25) is 0 Å². The Hall–Kier alpha value is -2.02. The number of anilines is 1. The third-order valence-electron chi connectivity index (χ3n) is 4.67. The van der Waals surface area contributed by atoms with Crippen molar-refractivity contribution in [2.24, 2.45) is 5.92 Å². The first-order chi connectivity index (χ1) is 12.2. The molecule has 0 bridgehead atoms. The molecular weight excluding hydrogens is 373 g/mol. The molecule has 2 aromatic heterocycles. The molecule has 3 rings (SSSR count). The Kier molecular flexibility index (Phi) is 4.77. The van der Waals surface area contributed by atoms with Gasteiger partial charge in [-0.2, -0.15) is 18.4 Å². The quantitative estimate of drug-likeness (QED) is 0.735. The van der Waals surface area contributed by atoms with Crippen LogP contribution in [0.1, 0.15) is 23.4 Å². The monoisotopic (exact) mass is 388 g/mol. The van der Waals surface area contributed by atoms with Crippen LogP contribution in [-0.4, -0.2) is 46.0 Å². The molecule has 1 aliphatic rings. The van der Waals surface area contributed by atoms with Crippen molar-refractivity contribution in [2.45, 2.75) is 25.6 Å². The number of aromatic nitrogens is 2. The van der Waals surface area contributed by atoms with Crippen LogP contribution in [-0.2, 0) is 6.18 Å². The van der Waals surface area contributed by atoms with Gasteiger partial charge in [-0.15, -0.1) is 0 Å². The number of nitriles is 1. The Morgan fingerprint density at radius 2 is 2.15 bits per heavy atom. The molecule has 0 unspecified atom stereocenters. The molecule has 2 atom stereocenters. The van der Waals surface area contributed by atoms with E-state index in [4.69, 9.17) is 11.6 Å². The molecule has 1 aliphatic heterocycles. The van der Waals surface area contributed by atoms with Crippen LogP contribution in [0, 0.1) is 24.2 Å². The van der Waals surface area contributed by atoms with Gasteiger partial charge < -0.3 is 20.1 Å². The summed E-state index contributed by atoms with van der Waals surface area (Å²) in [6.07, 6.45) is -5.38. The molecule has 0 amide bonds. The Bertz CT molecular complexity index is 890. The van der Waals surface area contributed by atoms with Crippen molar-refractivity contribution in [1.82, 2.24) is 9.97 Å². The van der Waals surface area contributed by atoms with Crippen LogP contribution >= 0.6 is 11.6 Å². The van der Waals surface area contributed by atoms with E-state index in [0.29, 0.717) is 12.1 Å². The van der Waals surface area contributed by atoms with Crippen molar-refractivity contribution in [3.63, 3.8) is 0 Å². The zero-order valence-corrected chi connectivity index (χ0v) is 14.5. The Morgan fingerprint density at radius 1 is 1.46 bits per heavy atom. The van der Waals surface area contributed by atoms with Crippen molar-refractivity contribution >= 4 is 28.3 Å². The zero-order chi connectivity index (χ0) is 19.2. The Labute approximate surface area is 151 Å². The number of nitrogens with one attached hydrogen (secondary N) is 1. The molecule has 0 aromatic carbocycles. The molecule has 0 aliphatic carbocycles. The first kappa shape index (κ1) is 18.8. The summed E-state index contributed by atoms with van der Waals surface area (Å²) in [4.78, 5) is 8.02. The lowest BCUT2D eigenvalue weighted by Gasteiger charge is -2.37. The number of hydrogen-bond acceptors (Lipinski definition) is 5. The highest BCUT2D eigenvalue weighted by Gasteiger charge is 2.40. The number of aliphatic hydroxyl groups is 2. The smallest absolute Gasteiger partial charge is 0.396 e. The molecule has 10 heteroatoms. The average molecular weight is 389 g/mol. The van der Waals surface area contributed by atoms with Gasteiger partial charge in [-0.25, -0.2) is 4.98 Å². The summed E-state index contributed by atoms with van der Waals surface area (Å²) in [5, 5.41) is 28.9. The number of aromatic amines is 1. The lowest BCUT2D eigenvalue weighted by Crippen LogP contribution is -2.45. The number of H-pyrrole nitrogens is 1. The van der Waals surface area contributed by atoms with Crippen LogP contribution in [0.25, 0.3) is 11.0 Å². The van der Waals surface area contributed by atoms with Gasteiger partial charge >= 0.3 is 6.18 Å². The molecule has 3 heterocycles. The van der Waals surface area contributed by atoms with Crippen molar-refractivity contribution in [3.05, 3.63) is 22.0 Å². The highest BCUT2D eigenvalue weighted by Crippen LogP contribution is 2.42. The van der Waals surface area contributed by atoms with E-state index in [1.165, 1.54) is 4.90 Å². The number of fused-ring (bicyclic) bond motifs is 1. The molecule has 26 heavy (non-hydrogen) atoms. The Morgan fingerprint density at radius 3 is 2.69 bits per heavy atom. The van der Waals surface area contributed by atoms with Crippen LogP contribution in [0.4, 0.5) is 18.9 Å². The topological polar surface area (TPSA) is 96.2 Å². The second kappa shape index (κ2) is 6.61. The second-order valence-corrected chi connectivity index (χ2v) is 6.70. The van der Waals surface area contributed by atoms with Gasteiger partial charge in [0.2, 0.25) is 0 Å². The number of piperidine rings is 1. The van der Waals surface area contributed by atoms with E-state index in [-0.39, 0.29) is 47.4 Å². The van der Waals surface area contributed by atoms with Crippen LogP contribution in [0.15, 0.2) is 0 Å². The number of aliphatic hydroxyl groups excluding tert-OH is 2. The predicted octanol–water partition coefficient (Wildman–Crippen LogP) is 2.59. The molecular formula is C16H16ClF3N4O2. The highest BCUT2D eigenvalue weighted by atomic mass is 35.5. The van der Waals surface area contributed by atoms with E-state index >= 15 is 0 Å². The van der Waals surface area contributed by atoms with Crippen LogP contribution in [0.2, 0.25) is 5.02 Å². The number of rotatable bonds is 2. The summed E-state index contributed by atoms with van der Waals surface area (Å²) in [7, 11) is 0. The van der Waals surface area contributed by atoms with Crippen molar-refractivity contribution in [2.75, 3.05) is 24.6 Å². The van der Waals surface area contributed by atoms with E-state index in [9.17, 15) is 28.6 Å². The average Bonchev–Trinajstić information content (AvgIpc) is 2.86. The normalized spacial score (nSPS) is 21.2. The third kappa shape index (κ3) is 2.98. The number of alkyl halides is 3. The molecule has 2 aromatic rings. The van der Waals surface area contributed by atoms with Gasteiger partial charge in [-0.1, -0.05) is 11.6 Å². The van der Waals surface area contributed by atoms with Crippen LogP contribution < -0.4 is 4.90 Å². The summed E-state index contributed by atoms with van der Waals surface area (Å²) in [5.74, 6) is -0.356. The van der Waals surface area contributed by atoms with Gasteiger partial charge in [-0.05, 0) is 13.3 Å². The molecule has 0 radical (unpaired) electrons. The predicted molar refractivity (Wildman–Crippen MR) is 89.0 cm³/mol. The zero-order valence-electron chi connectivity index (χ0n) is 13.7. The second-order valence-electron chi connectivity index (χ2n) is 6.33. The summed E-state index contributed by atoms with van der Waals surface area (Å²) in [6.45, 7) is 1.65. The molecule has 1 saturated heterocycles. The maximum Gasteiger partial charge on any atom is 0.434 e. The minimum Gasteiger partial charge on any atom is -0.396 e. The van der Waals surface area contributed by atoms with Gasteiger partial charge in [0, 0.05) is 31.3 Å². The van der Waals surface area contributed by atoms with E-state index in [0.717, 1.165) is 0 Å². The van der Waals surface area contributed by atoms with Crippen molar-refractivity contribution < 1.29 is 23.4 Å². The maximum atomic E-state index is 13.5. The fraction of sp³-hybridized carbons (Fsp3) is 0.500. The lowest BCUT2D eigenvalue weighted by atomic mass is 9.93. The summed E-state index contributed by atoms with van der Waals surface area (Å²) in [5.41, 5.74) is -1.30. The number of nitrogens with zero attached hydrogens (tertiary/aromatic N) is 3. The van der Waals surface area contributed by atoms with Crippen molar-refractivity contribution in [3.8, 4) is 6.07 Å². The highest BCUT2D eigenvalue weighted by molar-refractivity contribution is 6.36. The first-order valence-electron chi connectivity index (χ1n) is 7.92. The number of pyridine rings is 1.